The van der Waals surface area contributed by atoms with Crippen molar-refractivity contribution in [2.24, 2.45) is 5.73 Å². The molecule has 0 aliphatic heterocycles. The topological polar surface area (TPSA) is 92.9 Å². The molecule has 4 N–H and O–H groups in total. The highest BCUT2D eigenvalue weighted by atomic mass is 16.1. The van der Waals surface area contributed by atoms with Crippen LogP contribution < -0.4 is 16.4 Å². The summed E-state index contributed by atoms with van der Waals surface area (Å²) >= 11 is 0. The molecule has 1 amide bonds. The predicted molar refractivity (Wildman–Crippen MR) is 72.5 cm³/mol. The van der Waals surface area contributed by atoms with Crippen molar-refractivity contribution >= 4 is 17.5 Å². The van der Waals surface area contributed by atoms with Crippen molar-refractivity contribution in [2.45, 2.75) is 33.1 Å². The molecule has 0 unspecified atom stereocenters. The van der Waals surface area contributed by atoms with Crippen molar-refractivity contribution < 1.29 is 4.79 Å². The number of nitrogens with two attached hydrogens (primary N) is 1. The second-order valence-electron chi connectivity index (χ2n) is 4.07. The largest absolute Gasteiger partial charge is 0.370 e. The van der Waals surface area contributed by atoms with Crippen LogP contribution in [0, 0.1) is 6.92 Å². The van der Waals surface area contributed by atoms with Gasteiger partial charge < -0.3 is 16.4 Å². The number of carbonyl (C=O) groups is 1. The number of nitrogens with zero attached hydrogens (tertiary/aromatic N) is 2. The Balaban J connectivity index is 2.39. The molecule has 0 aliphatic carbocycles. The second kappa shape index (κ2) is 7.47. The summed E-state index contributed by atoms with van der Waals surface area (Å²) in [4.78, 5) is 19.1. The number of rotatable bonds is 8. The summed E-state index contributed by atoms with van der Waals surface area (Å²) in [6, 6.07) is 1.88. The highest BCUT2D eigenvalue weighted by molar-refractivity contribution is 5.73. The van der Waals surface area contributed by atoms with Crippen LogP contribution in [0.5, 0.6) is 0 Å². The molecule has 100 valence electrons. The highest BCUT2D eigenvalue weighted by Gasteiger charge is 2.01. The number of nitrogens with one attached hydrogen (secondary N) is 2. The lowest BCUT2D eigenvalue weighted by Gasteiger charge is -2.08. The maximum atomic E-state index is 10.6. The average Bonchev–Trinajstić information content (AvgIpc) is 2.28. The number of unbranched alkanes of at least 4 members (excludes halogenated alkanes) is 1. The quantitative estimate of drug-likeness (QED) is 0.605. The summed E-state index contributed by atoms with van der Waals surface area (Å²) in [5, 5.41) is 6.37. The molecule has 0 bridgehead atoms. The number of aromatic nitrogens is 2. The Morgan fingerprint density at radius 1 is 1.28 bits per heavy atom. The van der Waals surface area contributed by atoms with Crippen molar-refractivity contribution in [3.63, 3.8) is 0 Å². The normalized spacial score (nSPS) is 10.1. The number of hydrogen-bond acceptors (Lipinski definition) is 5. The summed E-state index contributed by atoms with van der Waals surface area (Å²) in [6.07, 6.45) is 2.13. The van der Waals surface area contributed by atoms with Crippen molar-refractivity contribution in [3.8, 4) is 0 Å². The van der Waals surface area contributed by atoms with E-state index in [1.807, 2.05) is 19.9 Å². The van der Waals surface area contributed by atoms with Crippen LogP contribution in [-0.4, -0.2) is 29.0 Å². The fourth-order valence-corrected chi connectivity index (χ4v) is 1.57. The molecule has 0 spiro atoms. The minimum atomic E-state index is -0.248. The zero-order valence-electron chi connectivity index (χ0n) is 11.0. The molecule has 1 aromatic rings. The monoisotopic (exact) mass is 251 g/mol. The van der Waals surface area contributed by atoms with E-state index in [9.17, 15) is 4.79 Å². The molecule has 0 atom stereocenters. The van der Waals surface area contributed by atoms with Crippen molar-refractivity contribution in [1.82, 2.24) is 9.97 Å². The van der Waals surface area contributed by atoms with Gasteiger partial charge in [0.25, 0.3) is 0 Å². The SMILES string of the molecule is CCNc1cc(NCCCCC(N)=O)nc(C)n1. The van der Waals surface area contributed by atoms with E-state index >= 15 is 0 Å². The molecular weight excluding hydrogens is 230 g/mol. The van der Waals surface area contributed by atoms with E-state index in [0.717, 1.165) is 43.4 Å². The lowest BCUT2D eigenvalue weighted by Crippen LogP contribution is -2.11. The number of carbonyl (C=O) groups excluding carboxylic acids is 1. The molecule has 1 rings (SSSR count). The summed E-state index contributed by atoms with van der Waals surface area (Å²) in [5.74, 6) is 2.11. The van der Waals surface area contributed by atoms with E-state index in [1.165, 1.54) is 0 Å². The molecule has 1 aromatic heterocycles. The summed E-state index contributed by atoms with van der Waals surface area (Å²) in [5.41, 5.74) is 5.07. The lowest BCUT2D eigenvalue weighted by molar-refractivity contribution is -0.118. The zero-order chi connectivity index (χ0) is 13.4. The average molecular weight is 251 g/mol. The number of anilines is 2. The predicted octanol–water partition coefficient (Wildman–Crippen LogP) is 1.28. The van der Waals surface area contributed by atoms with Gasteiger partial charge in [0.1, 0.15) is 17.5 Å². The molecule has 1 heterocycles. The lowest BCUT2D eigenvalue weighted by atomic mass is 10.2. The summed E-state index contributed by atoms with van der Waals surface area (Å²) < 4.78 is 0. The van der Waals surface area contributed by atoms with E-state index in [1.54, 1.807) is 0 Å². The van der Waals surface area contributed by atoms with Crippen LogP contribution in [0.3, 0.4) is 0 Å². The first-order valence-electron chi connectivity index (χ1n) is 6.23. The molecule has 0 saturated carbocycles. The molecule has 6 nitrogen and oxygen atoms in total. The standard InChI is InChI=1S/C12H21N5O/c1-3-14-11-8-12(17-9(2)16-11)15-7-5-4-6-10(13)18/h8H,3-7H2,1-2H3,(H2,13,18)(H2,14,15,16,17). The minimum absolute atomic E-state index is 0.248. The van der Waals surface area contributed by atoms with E-state index in [0.29, 0.717) is 6.42 Å². The van der Waals surface area contributed by atoms with Gasteiger partial charge in [-0.1, -0.05) is 0 Å². The van der Waals surface area contributed by atoms with Crippen molar-refractivity contribution in [3.05, 3.63) is 11.9 Å². The molecule has 0 aliphatic rings. The van der Waals surface area contributed by atoms with E-state index in [4.69, 9.17) is 5.73 Å². The van der Waals surface area contributed by atoms with E-state index < -0.39 is 0 Å². The van der Waals surface area contributed by atoms with Crippen LogP contribution in [0.15, 0.2) is 6.07 Å². The van der Waals surface area contributed by atoms with Crippen LogP contribution in [0.25, 0.3) is 0 Å². The molecule has 0 radical (unpaired) electrons. The number of amides is 1. The maximum Gasteiger partial charge on any atom is 0.217 e. The van der Waals surface area contributed by atoms with Gasteiger partial charge in [-0.05, 0) is 26.7 Å². The van der Waals surface area contributed by atoms with Gasteiger partial charge in [0.15, 0.2) is 0 Å². The van der Waals surface area contributed by atoms with Crippen LogP contribution in [0.2, 0.25) is 0 Å². The van der Waals surface area contributed by atoms with Gasteiger partial charge in [-0.15, -0.1) is 0 Å². The van der Waals surface area contributed by atoms with Crippen LogP contribution in [0.4, 0.5) is 11.6 Å². The molecular formula is C12H21N5O. The molecule has 6 heteroatoms. The molecule has 0 aromatic carbocycles. The van der Waals surface area contributed by atoms with E-state index in [2.05, 4.69) is 20.6 Å². The first-order valence-corrected chi connectivity index (χ1v) is 6.23. The highest BCUT2D eigenvalue weighted by Crippen LogP contribution is 2.11. The number of hydrogen-bond donors (Lipinski definition) is 3. The van der Waals surface area contributed by atoms with Gasteiger partial charge in [-0.3, -0.25) is 4.79 Å². The zero-order valence-corrected chi connectivity index (χ0v) is 11.0. The van der Waals surface area contributed by atoms with Gasteiger partial charge in [0.2, 0.25) is 5.91 Å². The van der Waals surface area contributed by atoms with Gasteiger partial charge in [0.05, 0.1) is 0 Å². The molecule has 0 saturated heterocycles. The third-order valence-corrected chi connectivity index (χ3v) is 2.35. The third-order valence-electron chi connectivity index (χ3n) is 2.35. The van der Waals surface area contributed by atoms with Crippen LogP contribution >= 0.6 is 0 Å². The van der Waals surface area contributed by atoms with Crippen molar-refractivity contribution in [2.75, 3.05) is 23.7 Å². The van der Waals surface area contributed by atoms with Gasteiger partial charge in [0, 0.05) is 25.6 Å². The molecule has 0 fully saturated rings. The fourth-order valence-electron chi connectivity index (χ4n) is 1.57. The molecule has 18 heavy (non-hydrogen) atoms. The Hall–Kier alpha value is -1.85. The van der Waals surface area contributed by atoms with Crippen molar-refractivity contribution in [1.29, 1.82) is 0 Å². The second-order valence-corrected chi connectivity index (χ2v) is 4.07. The van der Waals surface area contributed by atoms with Gasteiger partial charge in [-0.25, -0.2) is 9.97 Å². The number of aryl methyl sites for hydroxylation is 1. The Labute approximate surface area is 107 Å². The summed E-state index contributed by atoms with van der Waals surface area (Å²) in [6.45, 7) is 5.48. The maximum absolute atomic E-state index is 10.6. The summed E-state index contributed by atoms with van der Waals surface area (Å²) in [7, 11) is 0. The minimum Gasteiger partial charge on any atom is -0.370 e. The smallest absolute Gasteiger partial charge is 0.217 e. The van der Waals surface area contributed by atoms with Gasteiger partial charge in [-0.2, -0.15) is 0 Å². The van der Waals surface area contributed by atoms with Crippen LogP contribution in [-0.2, 0) is 4.79 Å². The fraction of sp³-hybridized carbons (Fsp3) is 0.583. The van der Waals surface area contributed by atoms with Crippen LogP contribution in [0.1, 0.15) is 32.0 Å². The Morgan fingerprint density at radius 3 is 2.56 bits per heavy atom. The number of primary amides is 1. The first-order chi connectivity index (χ1) is 8.61. The Kier molecular flexibility index (Phi) is 5.90. The van der Waals surface area contributed by atoms with E-state index in [-0.39, 0.29) is 5.91 Å². The Bertz CT molecular complexity index is 394. The first kappa shape index (κ1) is 14.2. The Morgan fingerprint density at radius 2 is 1.94 bits per heavy atom. The van der Waals surface area contributed by atoms with Gasteiger partial charge >= 0.3 is 0 Å². The third kappa shape index (κ3) is 5.47.